The summed E-state index contributed by atoms with van der Waals surface area (Å²) in [7, 11) is 0. The molecule has 1 aromatic heterocycles. The lowest BCUT2D eigenvalue weighted by atomic mass is 10.2. The van der Waals surface area contributed by atoms with Crippen LogP contribution in [0.1, 0.15) is 11.5 Å². The van der Waals surface area contributed by atoms with Crippen LogP contribution in [-0.2, 0) is 11.3 Å². The summed E-state index contributed by atoms with van der Waals surface area (Å²) in [6, 6.07) is 14.6. The Kier molecular flexibility index (Phi) is 6.45. The molecule has 1 heterocycles. The number of carbonyl (C=O) groups is 1. The molecule has 0 saturated carbocycles. The third-order valence-corrected chi connectivity index (χ3v) is 4.23. The van der Waals surface area contributed by atoms with Crippen LogP contribution in [0.15, 0.2) is 65.7 Å². The lowest BCUT2D eigenvalue weighted by Crippen LogP contribution is -2.34. The largest absolute Gasteiger partial charge is 0.484 e. The van der Waals surface area contributed by atoms with Gasteiger partial charge < -0.3 is 14.2 Å². The Hall–Kier alpha value is -3.12. The van der Waals surface area contributed by atoms with Gasteiger partial charge in [0.25, 0.3) is 5.91 Å². The second-order valence-electron chi connectivity index (χ2n) is 6.18. The molecular weight excluding hydrogens is 378 g/mol. The van der Waals surface area contributed by atoms with E-state index in [4.69, 9.17) is 20.9 Å². The Bertz CT molecular complexity index is 936. The highest BCUT2D eigenvalue weighted by atomic mass is 35.5. The molecule has 0 saturated heterocycles. The molecule has 0 N–H and O–H groups in total. The van der Waals surface area contributed by atoms with Gasteiger partial charge in [0, 0.05) is 17.1 Å². The van der Waals surface area contributed by atoms with Crippen molar-refractivity contribution in [2.45, 2.75) is 13.5 Å². The van der Waals surface area contributed by atoms with Crippen LogP contribution in [0.4, 0.5) is 0 Å². The van der Waals surface area contributed by atoms with E-state index >= 15 is 0 Å². The van der Waals surface area contributed by atoms with Crippen molar-refractivity contribution in [2.75, 3.05) is 13.2 Å². The molecule has 7 heteroatoms. The summed E-state index contributed by atoms with van der Waals surface area (Å²) < 4.78 is 10.9. The van der Waals surface area contributed by atoms with E-state index in [1.54, 1.807) is 35.2 Å². The lowest BCUT2D eigenvalue weighted by Gasteiger charge is -2.19. The fourth-order valence-corrected chi connectivity index (χ4v) is 2.61. The summed E-state index contributed by atoms with van der Waals surface area (Å²) in [5, 5.41) is 4.59. The molecule has 0 aliphatic carbocycles. The van der Waals surface area contributed by atoms with Crippen molar-refractivity contribution in [1.82, 2.24) is 15.0 Å². The van der Waals surface area contributed by atoms with Crippen LogP contribution in [0.2, 0.25) is 5.02 Å². The molecule has 0 radical (unpaired) electrons. The number of carbonyl (C=O) groups excluding carboxylic acids is 1. The van der Waals surface area contributed by atoms with Gasteiger partial charge in [-0.15, -0.1) is 6.58 Å². The molecule has 28 heavy (non-hydrogen) atoms. The maximum absolute atomic E-state index is 12.5. The minimum absolute atomic E-state index is 0.0882. The minimum Gasteiger partial charge on any atom is -0.484 e. The van der Waals surface area contributed by atoms with E-state index < -0.39 is 0 Å². The van der Waals surface area contributed by atoms with E-state index in [0.717, 1.165) is 11.1 Å². The van der Waals surface area contributed by atoms with Gasteiger partial charge in [-0.25, -0.2) is 0 Å². The van der Waals surface area contributed by atoms with Gasteiger partial charge in [-0.05, 0) is 43.3 Å². The minimum atomic E-state index is -0.202. The smallest absolute Gasteiger partial charge is 0.261 e. The number of aromatic nitrogens is 2. The van der Waals surface area contributed by atoms with Gasteiger partial charge >= 0.3 is 0 Å². The van der Waals surface area contributed by atoms with Crippen LogP contribution in [0.3, 0.4) is 0 Å². The van der Waals surface area contributed by atoms with Gasteiger partial charge in [-0.3, -0.25) is 4.79 Å². The van der Waals surface area contributed by atoms with Crippen molar-refractivity contribution in [1.29, 1.82) is 0 Å². The van der Waals surface area contributed by atoms with Crippen LogP contribution < -0.4 is 4.74 Å². The molecule has 3 rings (SSSR count). The first-order chi connectivity index (χ1) is 13.5. The zero-order chi connectivity index (χ0) is 19.9. The first kappa shape index (κ1) is 19.6. The van der Waals surface area contributed by atoms with Gasteiger partial charge in [0.1, 0.15) is 12.3 Å². The number of halogens is 1. The van der Waals surface area contributed by atoms with Crippen LogP contribution in [-0.4, -0.2) is 34.1 Å². The lowest BCUT2D eigenvalue weighted by molar-refractivity contribution is -0.133. The highest BCUT2D eigenvalue weighted by molar-refractivity contribution is 6.30. The average Bonchev–Trinajstić information content (AvgIpc) is 3.16. The summed E-state index contributed by atoms with van der Waals surface area (Å²) in [5.74, 6) is 1.20. The van der Waals surface area contributed by atoms with E-state index in [9.17, 15) is 4.79 Å². The molecule has 0 atom stereocenters. The SMILES string of the molecule is C=CCN(Cc1nc(-c2ccc(Cl)cc2)no1)C(=O)COc1ccc(C)cc1. The molecule has 3 aromatic rings. The summed E-state index contributed by atoms with van der Waals surface area (Å²) in [6.45, 7) is 6.11. The Morgan fingerprint density at radius 1 is 1.21 bits per heavy atom. The van der Waals surface area contributed by atoms with Crippen molar-refractivity contribution in [3.05, 3.63) is 77.7 Å². The maximum Gasteiger partial charge on any atom is 0.261 e. The standard InChI is InChI=1S/C21H20ClN3O3/c1-3-12-25(20(26)14-27-18-10-4-15(2)5-11-18)13-19-23-21(24-28-19)16-6-8-17(22)9-7-16/h3-11H,1,12-14H2,2H3. The zero-order valence-corrected chi connectivity index (χ0v) is 16.2. The second-order valence-corrected chi connectivity index (χ2v) is 6.62. The molecule has 0 fully saturated rings. The monoisotopic (exact) mass is 397 g/mol. The van der Waals surface area contributed by atoms with E-state index in [1.807, 2.05) is 31.2 Å². The Morgan fingerprint density at radius 3 is 2.61 bits per heavy atom. The summed E-state index contributed by atoms with van der Waals surface area (Å²) in [5.41, 5.74) is 1.91. The maximum atomic E-state index is 12.5. The molecule has 0 unspecified atom stereocenters. The second kappa shape index (κ2) is 9.19. The molecule has 2 aromatic carbocycles. The summed E-state index contributed by atoms with van der Waals surface area (Å²) in [6.07, 6.45) is 1.64. The van der Waals surface area contributed by atoms with Crippen molar-refractivity contribution in [2.24, 2.45) is 0 Å². The summed E-state index contributed by atoms with van der Waals surface area (Å²) in [4.78, 5) is 18.4. The van der Waals surface area contributed by atoms with Crippen LogP contribution in [0.5, 0.6) is 5.75 Å². The quantitative estimate of drug-likeness (QED) is 0.530. The van der Waals surface area contributed by atoms with E-state index in [2.05, 4.69) is 16.7 Å². The predicted molar refractivity (Wildman–Crippen MR) is 107 cm³/mol. The molecule has 0 aliphatic heterocycles. The fourth-order valence-electron chi connectivity index (χ4n) is 2.48. The van der Waals surface area contributed by atoms with E-state index in [-0.39, 0.29) is 19.1 Å². The van der Waals surface area contributed by atoms with Crippen molar-refractivity contribution >= 4 is 17.5 Å². The Balaban J connectivity index is 1.63. The summed E-state index contributed by atoms with van der Waals surface area (Å²) >= 11 is 5.89. The van der Waals surface area contributed by atoms with E-state index in [1.165, 1.54) is 0 Å². The number of aryl methyl sites for hydroxylation is 1. The van der Waals surface area contributed by atoms with E-state index in [0.29, 0.717) is 29.0 Å². The average molecular weight is 398 g/mol. The van der Waals surface area contributed by atoms with Crippen molar-refractivity contribution in [3.63, 3.8) is 0 Å². The fraction of sp³-hybridized carbons (Fsp3) is 0.190. The number of amides is 1. The highest BCUT2D eigenvalue weighted by Gasteiger charge is 2.18. The number of hydrogen-bond donors (Lipinski definition) is 0. The van der Waals surface area contributed by atoms with Gasteiger partial charge in [0.05, 0.1) is 0 Å². The number of nitrogens with zero attached hydrogens (tertiary/aromatic N) is 3. The van der Waals surface area contributed by atoms with Crippen molar-refractivity contribution < 1.29 is 14.1 Å². The number of rotatable bonds is 8. The van der Waals surface area contributed by atoms with Gasteiger partial charge in [0.2, 0.25) is 11.7 Å². The first-order valence-corrected chi connectivity index (χ1v) is 9.09. The number of benzene rings is 2. The van der Waals surface area contributed by atoms with Gasteiger partial charge in [0.15, 0.2) is 6.61 Å². The van der Waals surface area contributed by atoms with Crippen molar-refractivity contribution in [3.8, 4) is 17.1 Å². The van der Waals surface area contributed by atoms with Gasteiger partial charge in [-0.2, -0.15) is 4.98 Å². The van der Waals surface area contributed by atoms with Gasteiger partial charge in [-0.1, -0.05) is 40.5 Å². The van der Waals surface area contributed by atoms with Crippen LogP contribution >= 0.6 is 11.6 Å². The Morgan fingerprint density at radius 2 is 1.93 bits per heavy atom. The topological polar surface area (TPSA) is 68.5 Å². The van der Waals surface area contributed by atoms with Crippen LogP contribution in [0, 0.1) is 6.92 Å². The normalized spacial score (nSPS) is 10.5. The molecule has 0 aliphatic rings. The molecule has 0 spiro atoms. The zero-order valence-electron chi connectivity index (χ0n) is 15.5. The predicted octanol–water partition coefficient (Wildman–Crippen LogP) is 4.29. The molecule has 0 bridgehead atoms. The third-order valence-electron chi connectivity index (χ3n) is 3.98. The number of hydrogen-bond acceptors (Lipinski definition) is 5. The third kappa shape index (κ3) is 5.20. The first-order valence-electron chi connectivity index (χ1n) is 8.72. The highest BCUT2D eigenvalue weighted by Crippen LogP contribution is 2.19. The molecule has 1 amide bonds. The molecular formula is C21H20ClN3O3. The molecule has 6 nitrogen and oxygen atoms in total. The number of ether oxygens (including phenoxy) is 1. The Labute approximate surface area is 168 Å². The molecule has 144 valence electrons. The van der Waals surface area contributed by atoms with Crippen LogP contribution in [0.25, 0.3) is 11.4 Å².